The monoisotopic (exact) mass is 331 g/mol. The summed E-state index contributed by atoms with van der Waals surface area (Å²) in [5, 5.41) is 5.07. The normalized spacial score (nSPS) is 15.3. The van der Waals surface area contributed by atoms with Gasteiger partial charge < -0.3 is 4.74 Å². The number of halogens is 1. The van der Waals surface area contributed by atoms with E-state index < -0.39 is 0 Å². The molecule has 1 aliphatic carbocycles. The van der Waals surface area contributed by atoms with Crippen molar-refractivity contribution >= 4 is 17.2 Å². The first-order valence-electron chi connectivity index (χ1n) is 8.13. The standard InChI is InChI=1S/C18H22ClN3O/c1-13(2)22-18(7-8-21-22)17-6-4-3-5-14(17)12-23-16-9-15(19)10-20-11-16/h7-11,13H,3-6,12H2,1-2H3. The third kappa shape index (κ3) is 3.75. The number of ether oxygens (including phenoxy) is 1. The van der Waals surface area contributed by atoms with Crippen LogP contribution >= 0.6 is 11.6 Å². The van der Waals surface area contributed by atoms with Crippen LogP contribution in [0.2, 0.25) is 5.02 Å². The van der Waals surface area contributed by atoms with E-state index in [9.17, 15) is 0 Å². The molecule has 0 fully saturated rings. The fourth-order valence-corrected chi connectivity index (χ4v) is 3.21. The number of nitrogens with zero attached hydrogens (tertiary/aromatic N) is 3. The number of hydrogen-bond acceptors (Lipinski definition) is 3. The summed E-state index contributed by atoms with van der Waals surface area (Å²) < 4.78 is 8.02. The third-order valence-electron chi connectivity index (χ3n) is 4.14. The van der Waals surface area contributed by atoms with Gasteiger partial charge in [0.05, 0.1) is 16.9 Å². The van der Waals surface area contributed by atoms with Crippen LogP contribution in [0.5, 0.6) is 5.75 Å². The zero-order valence-corrected chi connectivity index (χ0v) is 14.4. The van der Waals surface area contributed by atoms with Crippen molar-refractivity contribution in [2.24, 2.45) is 0 Å². The van der Waals surface area contributed by atoms with Gasteiger partial charge in [0.25, 0.3) is 0 Å². The zero-order chi connectivity index (χ0) is 16.2. The molecule has 5 heteroatoms. The molecule has 0 radical (unpaired) electrons. The van der Waals surface area contributed by atoms with Crippen molar-refractivity contribution in [1.29, 1.82) is 0 Å². The smallest absolute Gasteiger partial charge is 0.139 e. The van der Waals surface area contributed by atoms with E-state index in [1.54, 1.807) is 18.5 Å². The minimum Gasteiger partial charge on any atom is -0.488 e. The molecule has 1 aliphatic rings. The van der Waals surface area contributed by atoms with E-state index in [4.69, 9.17) is 16.3 Å². The van der Waals surface area contributed by atoms with Crippen LogP contribution in [0.1, 0.15) is 51.3 Å². The molecule has 2 aromatic heterocycles. The van der Waals surface area contributed by atoms with Crippen molar-refractivity contribution in [3.63, 3.8) is 0 Å². The summed E-state index contributed by atoms with van der Waals surface area (Å²) in [4.78, 5) is 4.07. The molecule has 2 heterocycles. The molecule has 4 nitrogen and oxygen atoms in total. The van der Waals surface area contributed by atoms with Crippen LogP contribution in [-0.4, -0.2) is 21.4 Å². The van der Waals surface area contributed by atoms with Crippen LogP contribution in [-0.2, 0) is 0 Å². The number of hydrogen-bond donors (Lipinski definition) is 0. The minimum atomic E-state index is 0.355. The second-order valence-corrected chi connectivity index (χ2v) is 6.61. The molecule has 23 heavy (non-hydrogen) atoms. The second-order valence-electron chi connectivity index (χ2n) is 6.17. The largest absolute Gasteiger partial charge is 0.488 e. The summed E-state index contributed by atoms with van der Waals surface area (Å²) in [6, 6.07) is 4.27. The zero-order valence-electron chi connectivity index (χ0n) is 13.6. The lowest BCUT2D eigenvalue weighted by Gasteiger charge is -2.22. The van der Waals surface area contributed by atoms with Gasteiger partial charge in [-0.2, -0.15) is 5.10 Å². The molecule has 0 saturated carbocycles. The van der Waals surface area contributed by atoms with Gasteiger partial charge >= 0.3 is 0 Å². The van der Waals surface area contributed by atoms with Crippen molar-refractivity contribution in [1.82, 2.24) is 14.8 Å². The van der Waals surface area contributed by atoms with E-state index in [1.165, 1.54) is 29.7 Å². The second kappa shape index (κ2) is 7.18. The molecule has 0 N–H and O–H groups in total. The predicted molar refractivity (Wildman–Crippen MR) is 92.7 cm³/mol. The van der Waals surface area contributed by atoms with E-state index >= 15 is 0 Å². The maximum Gasteiger partial charge on any atom is 0.139 e. The SMILES string of the molecule is CC(C)n1nccc1C1=C(COc2cncc(Cl)c2)CCCC1. The van der Waals surface area contributed by atoms with Crippen molar-refractivity contribution in [3.8, 4) is 5.75 Å². The van der Waals surface area contributed by atoms with Crippen molar-refractivity contribution in [2.45, 2.75) is 45.6 Å². The highest BCUT2D eigenvalue weighted by molar-refractivity contribution is 6.30. The molecule has 0 aromatic carbocycles. The quantitative estimate of drug-likeness (QED) is 0.780. The first-order chi connectivity index (χ1) is 11.1. The molecule has 3 rings (SSSR count). The van der Waals surface area contributed by atoms with Gasteiger partial charge in [0.15, 0.2) is 0 Å². The topological polar surface area (TPSA) is 39.9 Å². The van der Waals surface area contributed by atoms with Crippen molar-refractivity contribution in [3.05, 3.63) is 47.0 Å². The maximum atomic E-state index is 5.97. The fourth-order valence-electron chi connectivity index (χ4n) is 3.04. The van der Waals surface area contributed by atoms with Crippen LogP contribution in [0, 0.1) is 0 Å². The summed E-state index contributed by atoms with van der Waals surface area (Å²) in [7, 11) is 0. The molecule has 0 saturated heterocycles. The highest BCUT2D eigenvalue weighted by Crippen LogP contribution is 2.33. The fraction of sp³-hybridized carbons (Fsp3) is 0.444. The Morgan fingerprint density at radius 2 is 2.09 bits per heavy atom. The molecule has 2 aromatic rings. The Labute approximate surface area is 142 Å². The molecule has 0 amide bonds. The van der Waals surface area contributed by atoms with Gasteiger partial charge in [0.1, 0.15) is 12.4 Å². The molecule has 0 aliphatic heterocycles. The lowest BCUT2D eigenvalue weighted by atomic mass is 9.90. The number of allylic oxidation sites excluding steroid dienone is 1. The molecule has 0 spiro atoms. The molecule has 122 valence electrons. The molecule has 0 atom stereocenters. The first kappa shape index (κ1) is 16.1. The van der Waals surface area contributed by atoms with E-state index in [1.807, 2.05) is 6.20 Å². The molecular weight excluding hydrogens is 310 g/mol. The van der Waals surface area contributed by atoms with E-state index in [-0.39, 0.29) is 0 Å². The predicted octanol–water partition coefficient (Wildman–Crippen LogP) is 4.92. The lowest BCUT2D eigenvalue weighted by Crippen LogP contribution is -2.13. The average molecular weight is 332 g/mol. The maximum absolute atomic E-state index is 5.97. The van der Waals surface area contributed by atoms with Gasteiger partial charge in [-0.1, -0.05) is 11.6 Å². The van der Waals surface area contributed by atoms with E-state index in [2.05, 4.69) is 34.7 Å². The highest BCUT2D eigenvalue weighted by Gasteiger charge is 2.19. The third-order valence-corrected chi connectivity index (χ3v) is 4.35. The van der Waals surface area contributed by atoms with Crippen LogP contribution in [0.4, 0.5) is 0 Å². The molecule has 0 unspecified atom stereocenters. The summed E-state index contributed by atoms with van der Waals surface area (Å²) in [6.07, 6.45) is 9.80. The summed E-state index contributed by atoms with van der Waals surface area (Å²) in [6.45, 7) is 4.90. The Balaban J connectivity index is 1.84. The highest BCUT2D eigenvalue weighted by atomic mass is 35.5. The molecule has 0 bridgehead atoms. The van der Waals surface area contributed by atoms with Crippen molar-refractivity contribution < 1.29 is 4.74 Å². The summed E-state index contributed by atoms with van der Waals surface area (Å²) in [5.74, 6) is 0.715. The van der Waals surface area contributed by atoms with Gasteiger partial charge in [-0.25, -0.2) is 0 Å². The Kier molecular flexibility index (Phi) is 5.01. The Morgan fingerprint density at radius 3 is 2.87 bits per heavy atom. The van der Waals surface area contributed by atoms with Gasteiger partial charge in [-0.3, -0.25) is 9.67 Å². The Bertz CT molecular complexity index is 706. The van der Waals surface area contributed by atoms with Crippen LogP contribution in [0.3, 0.4) is 0 Å². The molecular formula is C18H22ClN3O. The summed E-state index contributed by atoms with van der Waals surface area (Å²) >= 11 is 5.97. The average Bonchev–Trinajstić information content (AvgIpc) is 3.03. The number of rotatable bonds is 5. The van der Waals surface area contributed by atoms with Crippen LogP contribution in [0.25, 0.3) is 5.57 Å². The number of aromatic nitrogens is 3. The van der Waals surface area contributed by atoms with Crippen LogP contribution < -0.4 is 4.74 Å². The van der Waals surface area contributed by atoms with Gasteiger partial charge in [0, 0.05) is 24.5 Å². The minimum absolute atomic E-state index is 0.355. The van der Waals surface area contributed by atoms with Crippen molar-refractivity contribution in [2.75, 3.05) is 6.61 Å². The Morgan fingerprint density at radius 1 is 1.26 bits per heavy atom. The van der Waals surface area contributed by atoms with Gasteiger partial charge in [-0.05, 0) is 56.7 Å². The van der Waals surface area contributed by atoms with E-state index in [0.29, 0.717) is 23.4 Å². The van der Waals surface area contributed by atoms with Crippen LogP contribution in [0.15, 0.2) is 36.3 Å². The van der Waals surface area contributed by atoms with Gasteiger partial charge in [0.2, 0.25) is 0 Å². The lowest BCUT2D eigenvalue weighted by molar-refractivity contribution is 0.343. The van der Waals surface area contributed by atoms with Gasteiger partial charge in [-0.15, -0.1) is 0 Å². The summed E-state index contributed by atoms with van der Waals surface area (Å²) in [5.41, 5.74) is 3.97. The Hall–Kier alpha value is -1.81. The number of pyridine rings is 1. The van der Waals surface area contributed by atoms with E-state index in [0.717, 1.165) is 12.8 Å². The first-order valence-corrected chi connectivity index (χ1v) is 8.51.